The van der Waals surface area contributed by atoms with E-state index in [-0.39, 0.29) is 11.9 Å². The van der Waals surface area contributed by atoms with Crippen molar-refractivity contribution in [1.82, 2.24) is 10.6 Å². The van der Waals surface area contributed by atoms with Crippen LogP contribution in [0.3, 0.4) is 0 Å². The Morgan fingerprint density at radius 1 is 1.38 bits per heavy atom. The van der Waals surface area contributed by atoms with Crippen molar-refractivity contribution in [2.75, 3.05) is 26.8 Å². The number of carbonyl (C=O) groups is 1. The Morgan fingerprint density at radius 2 is 2.06 bits per heavy atom. The summed E-state index contributed by atoms with van der Waals surface area (Å²) in [7, 11) is 1.56. The van der Waals surface area contributed by atoms with Gasteiger partial charge in [0, 0.05) is 26.1 Å². The van der Waals surface area contributed by atoms with Crippen molar-refractivity contribution in [3.63, 3.8) is 0 Å². The molecule has 0 fully saturated rings. The third kappa shape index (κ3) is 9.89. The highest BCUT2D eigenvalue weighted by Gasteiger charge is 2.04. The van der Waals surface area contributed by atoms with Crippen molar-refractivity contribution in [1.29, 1.82) is 0 Å². The van der Waals surface area contributed by atoms with Crippen LogP contribution in [0.2, 0.25) is 0 Å². The smallest absolute Gasteiger partial charge is 0.221 e. The standard InChI is InChI=1S/C11H24N2O3/c1-9(2)13-11(15)5-7-12-6-4-10(14)8-16-3/h9-10,12,14H,4-8H2,1-3H3,(H,13,15). The zero-order valence-corrected chi connectivity index (χ0v) is 10.5. The molecule has 5 nitrogen and oxygen atoms in total. The number of hydrogen-bond acceptors (Lipinski definition) is 4. The highest BCUT2D eigenvalue weighted by molar-refractivity contribution is 5.76. The molecule has 5 heteroatoms. The van der Waals surface area contributed by atoms with E-state index in [4.69, 9.17) is 4.74 Å². The molecule has 96 valence electrons. The summed E-state index contributed by atoms with van der Waals surface area (Å²) < 4.78 is 4.80. The van der Waals surface area contributed by atoms with E-state index < -0.39 is 6.10 Å². The molecule has 0 aromatic carbocycles. The monoisotopic (exact) mass is 232 g/mol. The second kappa shape index (κ2) is 9.57. The maximum Gasteiger partial charge on any atom is 0.221 e. The van der Waals surface area contributed by atoms with Crippen LogP contribution in [-0.4, -0.2) is 50.0 Å². The lowest BCUT2D eigenvalue weighted by atomic mass is 10.2. The lowest BCUT2D eigenvalue weighted by Crippen LogP contribution is -2.33. The molecule has 0 saturated heterocycles. The van der Waals surface area contributed by atoms with E-state index in [1.165, 1.54) is 0 Å². The molecular formula is C11H24N2O3. The van der Waals surface area contributed by atoms with Crippen molar-refractivity contribution in [3.8, 4) is 0 Å². The molecule has 0 radical (unpaired) electrons. The highest BCUT2D eigenvalue weighted by Crippen LogP contribution is 1.90. The summed E-state index contributed by atoms with van der Waals surface area (Å²) in [5, 5.41) is 15.2. The fourth-order valence-electron chi connectivity index (χ4n) is 1.27. The van der Waals surface area contributed by atoms with Crippen LogP contribution in [0.4, 0.5) is 0 Å². The summed E-state index contributed by atoms with van der Waals surface area (Å²) in [5.41, 5.74) is 0. The minimum absolute atomic E-state index is 0.0555. The van der Waals surface area contributed by atoms with Crippen molar-refractivity contribution >= 4 is 5.91 Å². The molecule has 0 aliphatic rings. The fourth-order valence-corrected chi connectivity index (χ4v) is 1.27. The molecule has 0 aromatic heterocycles. The molecule has 0 aromatic rings. The Hall–Kier alpha value is -0.650. The number of hydrogen-bond donors (Lipinski definition) is 3. The summed E-state index contributed by atoms with van der Waals surface area (Å²) in [6.45, 7) is 5.56. The van der Waals surface area contributed by atoms with Crippen LogP contribution in [0.1, 0.15) is 26.7 Å². The molecule has 0 heterocycles. The first-order chi connectivity index (χ1) is 7.56. The third-order valence-electron chi connectivity index (χ3n) is 1.99. The largest absolute Gasteiger partial charge is 0.391 e. The van der Waals surface area contributed by atoms with Crippen molar-refractivity contribution in [2.45, 2.75) is 38.8 Å². The van der Waals surface area contributed by atoms with Gasteiger partial charge in [0.15, 0.2) is 0 Å². The number of ether oxygens (including phenoxy) is 1. The maximum atomic E-state index is 11.2. The Bertz CT molecular complexity index is 186. The Kier molecular flexibility index (Phi) is 9.18. The van der Waals surface area contributed by atoms with Gasteiger partial charge in [0.05, 0.1) is 12.7 Å². The van der Waals surface area contributed by atoms with E-state index in [9.17, 15) is 9.90 Å². The first-order valence-electron chi connectivity index (χ1n) is 5.73. The van der Waals surface area contributed by atoms with E-state index in [1.54, 1.807) is 7.11 Å². The third-order valence-corrected chi connectivity index (χ3v) is 1.99. The summed E-state index contributed by atoms with van der Waals surface area (Å²) in [6, 6.07) is 0.191. The molecule has 1 amide bonds. The summed E-state index contributed by atoms with van der Waals surface area (Å²) in [6.07, 6.45) is 0.681. The Morgan fingerprint density at radius 3 is 2.62 bits per heavy atom. The molecular weight excluding hydrogens is 208 g/mol. The Balaban J connectivity index is 3.29. The van der Waals surface area contributed by atoms with Gasteiger partial charge < -0.3 is 20.5 Å². The van der Waals surface area contributed by atoms with Crippen LogP contribution < -0.4 is 10.6 Å². The van der Waals surface area contributed by atoms with Crippen molar-refractivity contribution in [2.24, 2.45) is 0 Å². The maximum absolute atomic E-state index is 11.2. The van der Waals surface area contributed by atoms with Gasteiger partial charge in [-0.3, -0.25) is 4.79 Å². The quantitative estimate of drug-likeness (QED) is 0.485. The molecule has 16 heavy (non-hydrogen) atoms. The van der Waals surface area contributed by atoms with E-state index in [1.807, 2.05) is 13.8 Å². The van der Waals surface area contributed by atoms with Gasteiger partial charge in [-0.2, -0.15) is 0 Å². The SMILES string of the molecule is COCC(O)CCNCCC(=O)NC(C)C. The normalized spacial score (nSPS) is 12.8. The molecule has 3 N–H and O–H groups in total. The van der Waals surface area contributed by atoms with Crippen LogP contribution in [0.25, 0.3) is 0 Å². The number of rotatable bonds is 9. The molecule has 0 saturated carbocycles. The second-order valence-corrected chi connectivity index (χ2v) is 4.12. The highest BCUT2D eigenvalue weighted by atomic mass is 16.5. The minimum atomic E-state index is -0.429. The average Bonchev–Trinajstić information content (AvgIpc) is 2.16. The summed E-state index contributed by atoms with van der Waals surface area (Å²) in [4.78, 5) is 11.2. The van der Waals surface area contributed by atoms with E-state index in [0.717, 1.165) is 0 Å². The van der Waals surface area contributed by atoms with E-state index >= 15 is 0 Å². The first-order valence-corrected chi connectivity index (χ1v) is 5.73. The molecule has 0 bridgehead atoms. The van der Waals surface area contributed by atoms with Crippen LogP contribution in [0, 0.1) is 0 Å². The number of carbonyl (C=O) groups excluding carboxylic acids is 1. The van der Waals surface area contributed by atoms with E-state index in [2.05, 4.69) is 10.6 Å². The van der Waals surface area contributed by atoms with Gasteiger partial charge in [0.1, 0.15) is 0 Å². The molecule has 1 atom stereocenters. The van der Waals surface area contributed by atoms with Crippen LogP contribution in [-0.2, 0) is 9.53 Å². The van der Waals surface area contributed by atoms with Crippen LogP contribution in [0.5, 0.6) is 0 Å². The number of aliphatic hydroxyl groups excluding tert-OH is 1. The molecule has 0 spiro atoms. The van der Waals surface area contributed by atoms with Gasteiger partial charge in [-0.15, -0.1) is 0 Å². The molecule has 0 aliphatic heterocycles. The lowest BCUT2D eigenvalue weighted by Gasteiger charge is -2.11. The lowest BCUT2D eigenvalue weighted by molar-refractivity contribution is -0.121. The zero-order valence-electron chi connectivity index (χ0n) is 10.5. The van der Waals surface area contributed by atoms with Gasteiger partial charge in [0.25, 0.3) is 0 Å². The van der Waals surface area contributed by atoms with Crippen LogP contribution >= 0.6 is 0 Å². The number of amides is 1. The van der Waals surface area contributed by atoms with Gasteiger partial charge >= 0.3 is 0 Å². The van der Waals surface area contributed by atoms with E-state index in [0.29, 0.717) is 32.5 Å². The summed E-state index contributed by atoms with van der Waals surface area (Å²) in [5.74, 6) is 0.0555. The zero-order chi connectivity index (χ0) is 12.4. The molecule has 1 unspecified atom stereocenters. The van der Waals surface area contributed by atoms with Crippen molar-refractivity contribution < 1.29 is 14.6 Å². The Labute approximate surface area is 97.6 Å². The number of methoxy groups -OCH3 is 1. The summed E-state index contributed by atoms with van der Waals surface area (Å²) >= 11 is 0. The van der Waals surface area contributed by atoms with Gasteiger partial charge in [0.2, 0.25) is 5.91 Å². The van der Waals surface area contributed by atoms with Crippen molar-refractivity contribution in [3.05, 3.63) is 0 Å². The topological polar surface area (TPSA) is 70.6 Å². The average molecular weight is 232 g/mol. The minimum Gasteiger partial charge on any atom is -0.391 e. The first kappa shape index (κ1) is 15.3. The second-order valence-electron chi connectivity index (χ2n) is 4.12. The predicted molar refractivity (Wildman–Crippen MR) is 63.3 cm³/mol. The molecule has 0 aliphatic carbocycles. The van der Waals surface area contributed by atoms with Gasteiger partial charge in [-0.1, -0.05) is 0 Å². The van der Waals surface area contributed by atoms with Gasteiger partial charge in [-0.25, -0.2) is 0 Å². The number of nitrogens with one attached hydrogen (secondary N) is 2. The number of aliphatic hydroxyl groups is 1. The van der Waals surface area contributed by atoms with Gasteiger partial charge in [-0.05, 0) is 26.8 Å². The molecule has 0 rings (SSSR count). The van der Waals surface area contributed by atoms with Crippen LogP contribution in [0.15, 0.2) is 0 Å². The fraction of sp³-hybridized carbons (Fsp3) is 0.909. The predicted octanol–water partition coefficient (Wildman–Crippen LogP) is -0.112.